The molecular weight excluding hydrogens is 589 g/mol. The number of hydrogen-bond acceptors (Lipinski definition) is 2. The molecule has 3 heteroatoms. The van der Waals surface area contributed by atoms with Crippen molar-refractivity contribution in [3.63, 3.8) is 0 Å². The van der Waals surface area contributed by atoms with Gasteiger partial charge in [0, 0.05) is 32.0 Å². The SMILES string of the molecule is CC1(C)c2c#cccc2-c2ccc(C3=N/c4sc5ccccc5c4CC/C=C\3n3c4ccccc4c4cc5ccccc5cc43)cc21. The fourth-order valence-electron chi connectivity index (χ4n) is 8.04. The van der Waals surface area contributed by atoms with Crippen molar-refractivity contribution >= 4 is 70.4 Å². The molecule has 0 radical (unpaired) electrons. The van der Waals surface area contributed by atoms with Gasteiger partial charge in [0.25, 0.3) is 0 Å². The van der Waals surface area contributed by atoms with Gasteiger partial charge in [-0.2, -0.15) is 0 Å². The molecule has 0 atom stereocenters. The van der Waals surface area contributed by atoms with Crippen LogP contribution in [-0.4, -0.2) is 10.3 Å². The van der Waals surface area contributed by atoms with Crippen LogP contribution in [0, 0.1) is 12.1 Å². The third-order valence-corrected chi connectivity index (χ3v) is 11.4. The monoisotopic (exact) mass is 618 g/mol. The van der Waals surface area contributed by atoms with Crippen molar-refractivity contribution in [1.82, 2.24) is 4.57 Å². The molecule has 2 aromatic heterocycles. The number of fused-ring (bicyclic) bond motifs is 10. The van der Waals surface area contributed by atoms with Crippen LogP contribution >= 0.6 is 11.3 Å². The number of hydrogen-bond donors (Lipinski definition) is 0. The lowest BCUT2D eigenvalue weighted by Gasteiger charge is -2.22. The van der Waals surface area contributed by atoms with E-state index in [9.17, 15) is 0 Å². The zero-order valence-corrected chi connectivity index (χ0v) is 27.1. The molecule has 6 aromatic carbocycles. The number of benzene rings is 5. The Bertz CT molecular complexity index is 2660. The van der Waals surface area contributed by atoms with Crippen molar-refractivity contribution in [2.75, 3.05) is 0 Å². The standard InChI is InChI=1S/C44H30N2S/c1-44(2)36-18-8-5-14-30(36)31-23-22-29(25-37(31)44)42-39(20-11-17-34-33-16-7-10-21-41(33)47-43(34)45-42)46-38-19-9-6-15-32(38)35-24-27-12-3-4-13-28(27)26-40(35)46/h3-7,9-10,12-16,19-26H,11,17H2,1-2H3/b39-20+,45-42-. The number of aliphatic imine (C=N–C) groups is 1. The maximum Gasteiger partial charge on any atom is 0.121 e. The van der Waals surface area contributed by atoms with Crippen molar-refractivity contribution in [2.24, 2.45) is 4.99 Å². The lowest BCUT2D eigenvalue weighted by molar-refractivity contribution is 0.660. The fraction of sp³-hybridized carbons (Fsp3) is 0.114. The minimum atomic E-state index is -0.182. The van der Waals surface area contributed by atoms with Gasteiger partial charge in [-0.3, -0.25) is 0 Å². The summed E-state index contributed by atoms with van der Waals surface area (Å²) in [5.41, 5.74) is 11.9. The first kappa shape index (κ1) is 26.8. The molecular formula is C44H30N2S. The molecule has 1 aliphatic carbocycles. The number of thiophene rings is 1. The predicted octanol–water partition coefficient (Wildman–Crippen LogP) is 11.7. The van der Waals surface area contributed by atoms with Crippen LogP contribution in [-0.2, 0) is 11.8 Å². The van der Waals surface area contributed by atoms with Crippen molar-refractivity contribution < 1.29 is 0 Å². The van der Waals surface area contributed by atoms with E-state index in [1.54, 1.807) is 0 Å². The van der Waals surface area contributed by atoms with Gasteiger partial charge >= 0.3 is 0 Å². The van der Waals surface area contributed by atoms with Gasteiger partial charge in [0.15, 0.2) is 0 Å². The highest BCUT2D eigenvalue weighted by molar-refractivity contribution is 7.22. The summed E-state index contributed by atoms with van der Waals surface area (Å²) in [6.45, 7) is 4.62. The number of aromatic nitrogens is 1. The lowest BCUT2D eigenvalue weighted by Crippen LogP contribution is -2.17. The Morgan fingerprint density at radius 1 is 0.745 bits per heavy atom. The molecule has 3 heterocycles. The molecule has 0 spiro atoms. The second-order valence-corrected chi connectivity index (χ2v) is 14.3. The van der Waals surface area contributed by atoms with E-state index in [-0.39, 0.29) is 5.41 Å². The molecule has 47 heavy (non-hydrogen) atoms. The van der Waals surface area contributed by atoms with Gasteiger partial charge in [0.2, 0.25) is 0 Å². The molecule has 0 amide bonds. The van der Waals surface area contributed by atoms with E-state index < -0.39 is 0 Å². The average Bonchev–Trinajstić information content (AvgIpc) is 3.68. The minimum absolute atomic E-state index is 0.182. The summed E-state index contributed by atoms with van der Waals surface area (Å²) < 4.78 is 3.77. The van der Waals surface area contributed by atoms with E-state index in [0.717, 1.165) is 34.8 Å². The third-order valence-electron chi connectivity index (χ3n) is 10.3. The Balaban J connectivity index is 1.28. The second-order valence-electron chi connectivity index (χ2n) is 13.3. The van der Waals surface area contributed by atoms with Crippen LogP contribution in [0.4, 0.5) is 5.00 Å². The normalized spacial score (nSPS) is 17.3. The Kier molecular flexibility index (Phi) is 5.57. The van der Waals surface area contributed by atoms with Gasteiger partial charge in [0.1, 0.15) is 5.00 Å². The van der Waals surface area contributed by atoms with Crippen LogP contribution in [0.15, 0.2) is 126 Å². The highest BCUT2D eigenvalue weighted by Crippen LogP contribution is 2.49. The fourth-order valence-corrected chi connectivity index (χ4v) is 9.16. The van der Waals surface area contributed by atoms with Crippen molar-refractivity contribution in [3.05, 3.63) is 156 Å². The number of allylic oxidation sites excluding steroid dienone is 2. The lowest BCUT2D eigenvalue weighted by atomic mass is 9.82. The summed E-state index contributed by atoms with van der Waals surface area (Å²) in [6.07, 6.45) is 4.32. The van der Waals surface area contributed by atoms with E-state index >= 15 is 0 Å². The first-order valence-electron chi connectivity index (χ1n) is 16.4. The summed E-state index contributed by atoms with van der Waals surface area (Å²) in [6, 6.07) is 48.8. The van der Waals surface area contributed by atoms with Crippen LogP contribution < -0.4 is 0 Å². The Hall–Kier alpha value is -5.43. The molecule has 0 N–H and O–H groups in total. The van der Waals surface area contributed by atoms with E-state index in [1.165, 1.54) is 70.5 Å². The largest absolute Gasteiger partial charge is 0.307 e. The molecule has 2 aliphatic rings. The van der Waals surface area contributed by atoms with Crippen molar-refractivity contribution in [2.45, 2.75) is 32.1 Å². The van der Waals surface area contributed by atoms with Gasteiger partial charge in [-0.25, -0.2) is 4.99 Å². The van der Waals surface area contributed by atoms with E-state index in [0.29, 0.717) is 0 Å². The summed E-state index contributed by atoms with van der Waals surface area (Å²) in [5.74, 6) is 0. The van der Waals surface area contributed by atoms with Crippen LogP contribution in [0.3, 0.4) is 0 Å². The van der Waals surface area contributed by atoms with Gasteiger partial charge < -0.3 is 4.57 Å². The van der Waals surface area contributed by atoms with Crippen LogP contribution in [0.2, 0.25) is 0 Å². The number of aryl methyl sites for hydroxylation is 1. The van der Waals surface area contributed by atoms with E-state index in [1.807, 2.05) is 17.4 Å². The number of rotatable bonds is 2. The molecule has 8 aromatic rings. The van der Waals surface area contributed by atoms with Crippen LogP contribution in [0.1, 0.15) is 42.5 Å². The van der Waals surface area contributed by atoms with Crippen LogP contribution in [0.25, 0.3) is 59.5 Å². The molecule has 1 aliphatic heterocycles. The Morgan fingerprint density at radius 2 is 1.53 bits per heavy atom. The van der Waals surface area contributed by atoms with E-state index in [2.05, 4.69) is 146 Å². The molecule has 0 bridgehead atoms. The zero-order valence-electron chi connectivity index (χ0n) is 26.3. The van der Waals surface area contributed by atoms with Crippen molar-refractivity contribution in [3.8, 4) is 11.1 Å². The van der Waals surface area contributed by atoms with Gasteiger partial charge in [0.05, 0.1) is 22.4 Å². The summed E-state index contributed by atoms with van der Waals surface area (Å²) in [4.78, 5) is 5.67. The maximum absolute atomic E-state index is 5.67. The molecule has 0 saturated carbocycles. The number of para-hydroxylation sites is 1. The third kappa shape index (κ3) is 3.83. The Labute approximate surface area is 278 Å². The predicted molar refractivity (Wildman–Crippen MR) is 199 cm³/mol. The first-order chi connectivity index (χ1) is 23.1. The summed E-state index contributed by atoms with van der Waals surface area (Å²) in [5, 5.41) is 7.47. The average molecular weight is 619 g/mol. The molecule has 0 saturated heterocycles. The molecule has 0 fully saturated rings. The van der Waals surface area contributed by atoms with Gasteiger partial charge in [-0.1, -0.05) is 105 Å². The second kappa shape index (κ2) is 9.79. The van der Waals surface area contributed by atoms with E-state index in [4.69, 9.17) is 4.99 Å². The minimum Gasteiger partial charge on any atom is -0.307 e. The molecule has 2 nitrogen and oxygen atoms in total. The first-order valence-corrected chi connectivity index (χ1v) is 17.2. The summed E-state index contributed by atoms with van der Waals surface area (Å²) >= 11 is 1.81. The highest BCUT2D eigenvalue weighted by atomic mass is 32.1. The zero-order chi connectivity index (χ0) is 31.3. The topological polar surface area (TPSA) is 17.3 Å². The Morgan fingerprint density at radius 3 is 2.43 bits per heavy atom. The molecule has 0 unspecified atom stereocenters. The smallest absolute Gasteiger partial charge is 0.121 e. The van der Waals surface area contributed by atoms with Gasteiger partial charge in [-0.05, 0) is 93.7 Å². The quantitative estimate of drug-likeness (QED) is 0.183. The summed E-state index contributed by atoms with van der Waals surface area (Å²) in [7, 11) is 0. The number of nitrogens with zero attached hydrogens (tertiary/aromatic N) is 2. The highest BCUT2D eigenvalue weighted by Gasteiger charge is 2.36. The van der Waals surface area contributed by atoms with Crippen LogP contribution in [0.5, 0.6) is 0 Å². The van der Waals surface area contributed by atoms with Crippen molar-refractivity contribution in [1.29, 1.82) is 0 Å². The maximum atomic E-state index is 5.67. The van der Waals surface area contributed by atoms with Gasteiger partial charge in [-0.15, -0.1) is 11.3 Å². The molecule has 10 rings (SSSR count). The molecule has 222 valence electrons.